The molecule has 0 bridgehead atoms. The minimum Gasteiger partial charge on any atom is -0.376 e. The molecule has 9 heteroatoms. The van der Waals surface area contributed by atoms with E-state index in [1.54, 1.807) is 18.0 Å². The van der Waals surface area contributed by atoms with E-state index in [2.05, 4.69) is 15.5 Å². The van der Waals surface area contributed by atoms with Gasteiger partial charge in [0.25, 0.3) is 0 Å². The molecule has 3 heterocycles. The number of hydrogen-bond acceptors (Lipinski definition) is 8. The Kier molecular flexibility index (Phi) is 5.42. The summed E-state index contributed by atoms with van der Waals surface area (Å²) in [5.74, 6) is 0.373. The van der Waals surface area contributed by atoms with Crippen LogP contribution in [-0.2, 0) is 16.0 Å². The van der Waals surface area contributed by atoms with Crippen molar-refractivity contribution >= 4 is 45.6 Å². The van der Waals surface area contributed by atoms with Crippen LogP contribution in [0.3, 0.4) is 0 Å². The molecule has 2 aromatic rings. The first-order chi connectivity index (χ1) is 13.1. The standard InChI is InChI=1S/C18H20N4O3S2/c1-22-14-5-4-11(7-12(14)8-16(22)24)15(23)10-26-18-21-20-17(27-18)19-9-13-3-2-6-25-13/h4-5,7,13H,2-3,6,8-10H2,1H3,(H,19,20)/t13-/m1/s1. The number of hydrogen-bond donors (Lipinski definition) is 1. The van der Waals surface area contributed by atoms with Crippen LogP contribution in [0.2, 0.25) is 0 Å². The molecule has 1 N–H and O–H groups in total. The molecule has 0 spiro atoms. The van der Waals surface area contributed by atoms with Crippen LogP contribution in [0.15, 0.2) is 22.5 Å². The molecule has 142 valence electrons. The van der Waals surface area contributed by atoms with Gasteiger partial charge in [-0.25, -0.2) is 0 Å². The average Bonchev–Trinajstić information content (AvgIpc) is 3.40. The van der Waals surface area contributed by atoms with E-state index in [0.29, 0.717) is 17.7 Å². The molecule has 2 aliphatic heterocycles. The molecule has 7 nitrogen and oxygen atoms in total. The van der Waals surface area contributed by atoms with E-state index >= 15 is 0 Å². The van der Waals surface area contributed by atoms with Crippen LogP contribution >= 0.6 is 23.1 Å². The molecular weight excluding hydrogens is 384 g/mol. The highest BCUT2D eigenvalue weighted by Gasteiger charge is 2.24. The molecule has 0 saturated carbocycles. The third-order valence-electron chi connectivity index (χ3n) is 4.72. The van der Waals surface area contributed by atoms with E-state index in [0.717, 1.165) is 46.7 Å². The summed E-state index contributed by atoms with van der Waals surface area (Å²) in [5.41, 5.74) is 2.43. The molecule has 1 aromatic carbocycles. The second-order valence-electron chi connectivity index (χ2n) is 6.57. The van der Waals surface area contributed by atoms with Gasteiger partial charge in [-0.1, -0.05) is 23.1 Å². The highest BCUT2D eigenvalue weighted by molar-refractivity contribution is 8.01. The summed E-state index contributed by atoms with van der Waals surface area (Å²) in [4.78, 5) is 25.9. The Morgan fingerprint density at radius 3 is 3.15 bits per heavy atom. The summed E-state index contributed by atoms with van der Waals surface area (Å²) in [5, 5.41) is 12.2. The van der Waals surface area contributed by atoms with Gasteiger partial charge < -0.3 is 15.0 Å². The van der Waals surface area contributed by atoms with Crippen LogP contribution in [-0.4, -0.2) is 53.9 Å². The first kappa shape index (κ1) is 18.4. The van der Waals surface area contributed by atoms with Crippen LogP contribution in [0.4, 0.5) is 10.8 Å². The second kappa shape index (κ2) is 7.95. The van der Waals surface area contributed by atoms with Crippen molar-refractivity contribution in [2.24, 2.45) is 0 Å². The molecule has 0 aliphatic carbocycles. The zero-order valence-electron chi connectivity index (χ0n) is 14.9. The predicted molar refractivity (Wildman–Crippen MR) is 106 cm³/mol. The Morgan fingerprint density at radius 2 is 2.33 bits per heavy atom. The van der Waals surface area contributed by atoms with Crippen LogP contribution in [0, 0.1) is 0 Å². The van der Waals surface area contributed by atoms with Crippen LogP contribution < -0.4 is 10.2 Å². The lowest BCUT2D eigenvalue weighted by atomic mass is 10.1. The lowest BCUT2D eigenvalue weighted by Crippen LogP contribution is -2.20. The smallest absolute Gasteiger partial charge is 0.231 e. The number of amides is 1. The number of carbonyl (C=O) groups excluding carboxylic acids is 2. The number of thioether (sulfide) groups is 1. The normalized spacial score (nSPS) is 18.8. The molecule has 0 unspecified atom stereocenters. The zero-order chi connectivity index (χ0) is 18.8. The molecule has 4 rings (SSSR count). The van der Waals surface area contributed by atoms with Crippen LogP contribution in [0.25, 0.3) is 0 Å². The van der Waals surface area contributed by atoms with Crippen molar-refractivity contribution in [2.75, 3.05) is 36.2 Å². The van der Waals surface area contributed by atoms with Gasteiger partial charge in [-0.3, -0.25) is 9.59 Å². The fraction of sp³-hybridized carbons (Fsp3) is 0.444. The van der Waals surface area contributed by atoms with E-state index < -0.39 is 0 Å². The maximum atomic E-state index is 12.5. The molecule has 1 amide bonds. The number of nitrogens with one attached hydrogen (secondary N) is 1. The summed E-state index contributed by atoms with van der Waals surface area (Å²) in [7, 11) is 1.76. The molecule has 1 atom stereocenters. The van der Waals surface area contributed by atoms with Gasteiger partial charge in [0.1, 0.15) is 0 Å². The van der Waals surface area contributed by atoms with Gasteiger partial charge in [0.15, 0.2) is 10.1 Å². The number of rotatable bonds is 7. The Morgan fingerprint density at radius 1 is 1.44 bits per heavy atom. The molecule has 27 heavy (non-hydrogen) atoms. The van der Waals surface area contributed by atoms with E-state index in [-0.39, 0.29) is 17.8 Å². The zero-order valence-corrected chi connectivity index (χ0v) is 16.6. The third kappa shape index (κ3) is 4.15. The number of benzene rings is 1. The van der Waals surface area contributed by atoms with E-state index in [1.165, 1.54) is 23.1 Å². The SMILES string of the molecule is CN1C(=O)Cc2cc(C(=O)CSc3nnc(NC[C@H]4CCCO4)s3)ccc21. The van der Waals surface area contributed by atoms with Crippen molar-refractivity contribution in [3.8, 4) is 0 Å². The molecule has 2 aliphatic rings. The van der Waals surface area contributed by atoms with Gasteiger partial charge in [0.05, 0.1) is 18.3 Å². The van der Waals surface area contributed by atoms with Crippen LogP contribution in [0.5, 0.6) is 0 Å². The number of anilines is 2. The van der Waals surface area contributed by atoms with Crippen molar-refractivity contribution < 1.29 is 14.3 Å². The van der Waals surface area contributed by atoms with Gasteiger partial charge in [-0.15, -0.1) is 10.2 Å². The number of likely N-dealkylation sites (N-methyl/N-ethyl adjacent to an activating group) is 1. The Labute approximate surface area is 165 Å². The topological polar surface area (TPSA) is 84.4 Å². The predicted octanol–water partition coefficient (Wildman–Crippen LogP) is 2.62. The van der Waals surface area contributed by atoms with E-state index in [9.17, 15) is 9.59 Å². The van der Waals surface area contributed by atoms with Crippen molar-refractivity contribution in [1.29, 1.82) is 0 Å². The average molecular weight is 405 g/mol. The summed E-state index contributed by atoms with van der Waals surface area (Å²) in [6.07, 6.45) is 2.79. The molecular formula is C18H20N4O3S2. The summed E-state index contributed by atoms with van der Waals surface area (Å²) < 4.78 is 6.33. The van der Waals surface area contributed by atoms with E-state index in [4.69, 9.17) is 4.74 Å². The highest BCUT2D eigenvalue weighted by atomic mass is 32.2. The molecule has 1 aromatic heterocycles. The Bertz CT molecular complexity index is 864. The monoisotopic (exact) mass is 404 g/mol. The summed E-state index contributed by atoms with van der Waals surface area (Å²) in [6, 6.07) is 5.45. The molecule has 1 saturated heterocycles. The van der Waals surface area contributed by atoms with E-state index in [1.807, 2.05) is 12.1 Å². The first-order valence-electron chi connectivity index (χ1n) is 8.84. The number of aromatic nitrogens is 2. The number of Topliss-reactive ketones (excluding diaryl/α,β-unsaturated/α-hetero) is 1. The summed E-state index contributed by atoms with van der Waals surface area (Å²) >= 11 is 2.83. The largest absolute Gasteiger partial charge is 0.376 e. The first-order valence-corrected chi connectivity index (χ1v) is 10.6. The molecule has 0 radical (unpaired) electrons. The van der Waals surface area contributed by atoms with Crippen molar-refractivity contribution in [2.45, 2.75) is 29.7 Å². The number of ketones is 1. The second-order valence-corrected chi connectivity index (χ2v) is 8.77. The van der Waals surface area contributed by atoms with Gasteiger partial charge >= 0.3 is 0 Å². The maximum Gasteiger partial charge on any atom is 0.231 e. The van der Waals surface area contributed by atoms with Crippen molar-refractivity contribution in [3.63, 3.8) is 0 Å². The molecule has 1 fully saturated rings. The fourth-order valence-corrected chi connectivity index (χ4v) is 4.85. The van der Waals surface area contributed by atoms with Crippen molar-refractivity contribution in [3.05, 3.63) is 29.3 Å². The lowest BCUT2D eigenvalue weighted by molar-refractivity contribution is -0.117. The number of carbonyl (C=O) groups is 2. The highest BCUT2D eigenvalue weighted by Crippen LogP contribution is 2.30. The number of fused-ring (bicyclic) bond motifs is 1. The van der Waals surface area contributed by atoms with Gasteiger partial charge in [0, 0.05) is 31.5 Å². The maximum absolute atomic E-state index is 12.5. The minimum atomic E-state index is 0.0221. The van der Waals surface area contributed by atoms with Crippen molar-refractivity contribution in [1.82, 2.24) is 10.2 Å². The van der Waals surface area contributed by atoms with Gasteiger partial charge in [-0.2, -0.15) is 0 Å². The fourth-order valence-electron chi connectivity index (χ4n) is 3.20. The number of ether oxygens (including phenoxy) is 1. The van der Waals surface area contributed by atoms with Gasteiger partial charge in [0.2, 0.25) is 11.0 Å². The number of nitrogens with zero attached hydrogens (tertiary/aromatic N) is 3. The van der Waals surface area contributed by atoms with Crippen LogP contribution in [0.1, 0.15) is 28.8 Å². The Hall–Kier alpha value is -1.97. The summed E-state index contributed by atoms with van der Waals surface area (Å²) in [6.45, 7) is 1.57. The minimum absolute atomic E-state index is 0.0221. The third-order valence-corrected chi connectivity index (χ3v) is 6.73. The quantitative estimate of drug-likeness (QED) is 0.561. The Balaban J connectivity index is 1.31. The van der Waals surface area contributed by atoms with Gasteiger partial charge in [-0.05, 0) is 36.6 Å². The lowest BCUT2D eigenvalue weighted by Gasteiger charge is -2.10.